The average molecular weight is 235 g/mol. The lowest BCUT2D eigenvalue weighted by molar-refractivity contribution is 0.231. The predicted octanol–water partition coefficient (Wildman–Crippen LogP) is 1.91. The second-order valence-corrected chi connectivity index (χ2v) is 4.51. The van der Waals surface area contributed by atoms with Crippen LogP contribution in [0.5, 0.6) is 5.75 Å². The highest BCUT2D eigenvalue weighted by molar-refractivity contribution is 5.36. The fraction of sp³-hybridized carbons (Fsp3) is 0.571. The van der Waals surface area contributed by atoms with Crippen molar-refractivity contribution >= 4 is 0 Å². The predicted molar refractivity (Wildman–Crippen MR) is 68.5 cm³/mol. The van der Waals surface area contributed by atoms with E-state index in [0.29, 0.717) is 18.9 Å². The number of hydrogen-bond donors (Lipinski definition) is 2. The van der Waals surface area contributed by atoms with E-state index < -0.39 is 0 Å². The van der Waals surface area contributed by atoms with Crippen molar-refractivity contribution in [2.24, 2.45) is 0 Å². The van der Waals surface area contributed by atoms with Gasteiger partial charge >= 0.3 is 0 Å². The van der Waals surface area contributed by atoms with E-state index in [2.05, 4.69) is 17.4 Å². The molecule has 17 heavy (non-hydrogen) atoms. The second kappa shape index (κ2) is 6.62. The molecular formula is C14H21NO2. The molecule has 0 aliphatic carbocycles. The first-order chi connectivity index (χ1) is 8.42. The van der Waals surface area contributed by atoms with E-state index in [0.717, 1.165) is 18.8 Å². The van der Waals surface area contributed by atoms with Gasteiger partial charge in [-0.25, -0.2) is 0 Å². The monoisotopic (exact) mass is 235 g/mol. The molecule has 0 spiro atoms. The zero-order valence-electron chi connectivity index (χ0n) is 10.2. The van der Waals surface area contributed by atoms with Gasteiger partial charge in [-0.15, -0.1) is 0 Å². The quantitative estimate of drug-likeness (QED) is 0.766. The number of para-hydroxylation sites is 1. The molecule has 0 saturated carbocycles. The van der Waals surface area contributed by atoms with Crippen LogP contribution < -0.4 is 10.1 Å². The summed E-state index contributed by atoms with van der Waals surface area (Å²) >= 11 is 0. The summed E-state index contributed by atoms with van der Waals surface area (Å²) in [4.78, 5) is 0. The van der Waals surface area contributed by atoms with Gasteiger partial charge < -0.3 is 15.2 Å². The maximum absolute atomic E-state index is 8.77. The molecule has 94 valence electrons. The molecule has 1 aliphatic heterocycles. The Hall–Kier alpha value is -1.06. The first-order valence-corrected chi connectivity index (χ1v) is 6.45. The fourth-order valence-electron chi connectivity index (χ4n) is 2.31. The molecule has 1 atom stereocenters. The van der Waals surface area contributed by atoms with Crippen LogP contribution in [0.2, 0.25) is 0 Å². The van der Waals surface area contributed by atoms with Gasteiger partial charge in [-0.05, 0) is 31.0 Å². The van der Waals surface area contributed by atoms with Crippen molar-refractivity contribution in [2.45, 2.75) is 25.2 Å². The normalized spacial score (nSPS) is 20.2. The average Bonchev–Trinajstić information content (AvgIpc) is 2.41. The summed E-state index contributed by atoms with van der Waals surface area (Å²) in [5, 5.41) is 12.2. The van der Waals surface area contributed by atoms with Crippen molar-refractivity contribution in [1.82, 2.24) is 5.32 Å². The van der Waals surface area contributed by atoms with Crippen LogP contribution >= 0.6 is 0 Å². The molecule has 1 aromatic rings. The molecule has 3 nitrogen and oxygen atoms in total. The lowest BCUT2D eigenvalue weighted by Crippen LogP contribution is -2.28. The van der Waals surface area contributed by atoms with Gasteiger partial charge in [0.25, 0.3) is 0 Å². The molecule has 1 aliphatic rings. The van der Waals surface area contributed by atoms with Crippen molar-refractivity contribution in [2.75, 3.05) is 26.3 Å². The number of hydrogen-bond acceptors (Lipinski definition) is 3. The Bertz CT molecular complexity index is 335. The van der Waals surface area contributed by atoms with Crippen LogP contribution in [0.3, 0.4) is 0 Å². The van der Waals surface area contributed by atoms with Crippen LogP contribution in [-0.4, -0.2) is 31.4 Å². The van der Waals surface area contributed by atoms with Gasteiger partial charge in [0.1, 0.15) is 5.75 Å². The number of nitrogens with one attached hydrogen (secondary N) is 1. The second-order valence-electron chi connectivity index (χ2n) is 4.51. The van der Waals surface area contributed by atoms with Crippen molar-refractivity contribution in [3.05, 3.63) is 29.8 Å². The number of rotatable bonds is 5. The van der Waals surface area contributed by atoms with Gasteiger partial charge in [0.15, 0.2) is 0 Å². The number of benzene rings is 1. The topological polar surface area (TPSA) is 41.5 Å². The Kier molecular flexibility index (Phi) is 4.83. The Morgan fingerprint density at radius 1 is 1.35 bits per heavy atom. The standard InChI is InChI=1S/C14H21NO2/c16-9-4-10-17-14-7-2-1-6-13(14)12-5-3-8-15-11-12/h1-2,6-7,12,15-16H,3-5,8-11H2. The molecule has 0 bridgehead atoms. The highest BCUT2D eigenvalue weighted by Gasteiger charge is 2.18. The zero-order chi connectivity index (χ0) is 11.9. The highest BCUT2D eigenvalue weighted by Crippen LogP contribution is 2.30. The van der Waals surface area contributed by atoms with Crippen molar-refractivity contribution < 1.29 is 9.84 Å². The maximum atomic E-state index is 8.77. The molecule has 0 radical (unpaired) electrons. The van der Waals surface area contributed by atoms with E-state index in [9.17, 15) is 0 Å². The first kappa shape index (κ1) is 12.4. The number of piperidine rings is 1. The van der Waals surface area contributed by atoms with E-state index in [1.165, 1.54) is 18.4 Å². The first-order valence-electron chi connectivity index (χ1n) is 6.45. The Morgan fingerprint density at radius 2 is 2.24 bits per heavy atom. The third-order valence-corrected chi connectivity index (χ3v) is 3.22. The minimum Gasteiger partial charge on any atom is -0.493 e. The smallest absolute Gasteiger partial charge is 0.122 e. The van der Waals surface area contributed by atoms with Crippen LogP contribution in [0.4, 0.5) is 0 Å². The van der Waals surface area contributed by atoms with Crippen LogP contribution in [0.1, 0.15) is 30.7 Å². The number of aliphatic hydroxyl groups excluding tert-OH is 1. The molecule has 1 saturated heterocycles. The minimum absolute atomic E-state index is 0.188. The summed E-state index contributed by atoms with van der Waals surface area (Å²) < 4.78 is 5.74. The summed E-state index contributed by atoms with van der Waals surface area (Å²) in [6.07, 6.45) is 3.15. The molecular weight excluding hydrogens is 214 g/mol. The number of aliphatic hydroxyl groups is 1. The Balaban J connectivity index is 2.03. The van der Waals surface area contributed by atoms with Gasteiger partial charge in [-0.2, -0.15) is 0 Å². The molecule has 2 N–H and O–H groups in total. The summed E-state index contributed by atoms with van der Waals surface area (Å²) in [6.45, 7) is 2.95. The Morgan fingerprint density at radius 3 is 3.00 bits per heavy atom. The van der Waals surface area contributed by atoms with Gasteiger partial charge in [0.05, 0.1) is 6.61 Å². The van der Waals surface area contributed by atoms with Crippen molar-refractivity contribution in [3.63, 3.8) is 0 Å². The molecule has 2 rings (SSSR count). The van der Waals surface area contributed by atoms with Gasteiger partial charge in [0.2, 0.25) is 0 Å². The summed E-state index contributed by atoms with van der Waals surface area (Å²) in [5.74, 6) is 1.55. The van der Waals surface area contributed by atoms with E-state index in [4.69, 9.17) is 9.84 Å². The summed E-state index contributed by atoms with van der Waals surface area (Å²) in [5.41, 5.74) is 1.30. The van der Waals surface area contributed by atoms with E-state index >= 15 is 0 Å². The molecule has 0 amide bonds. The van der Waals surface area contributed by atoms with E-state index in [1.54, 1.807) is 0 Å². The van der Waals surface area contributed by atoms with Gasteiger partial charge in [-0.3, -0.25) is 0 Å². The highest BCUT2D eigenvalue weighted by atomic mass is 16.5. The minimum atomic E-state index is 0.188. The van der Waals surface area contributed by atoms with Crippen LogP contribution in [0, 0.1) is 0 Å². The Labute approximate surface area is 103 Å². The lowest BCUT2D eigenvalue weighted by Gasteiger charge is -2.25. The molecule has 1 aromatic carbocycles. The number of ether oxygens (including phenoxy) is 1. The molecule has 3 heteroatoms. The third-order valence-electron chi connectivity index (χ3n) is 3.22. The van der Waals surface area contributed by atoms with Crippen LogP contribution in [-0.2, 0) is 0 Å². The van der Waals surface area contributed by atoms with Crippen molar-refractivity contribution in [1.29, 1.82) is 0 Å². The maximum Gasteiger partial charge on any atom is 0.122 e. The van der Waals surface area contributed by atoms with E-state index in [-0.39, 0.29) is 6.61 Å². The molecule has 1 fully saturated rings. The lowest BCUT2D eigenvalue weighted by atomic mass is 9.91. The molecule has 1 heterocycles. The summed E-state index contributed by atoms with van der Waals surface area (Å²) in [6, 6.07) is 8.27. The van der Waals surface area contributed by atoms with Crippen molar-refractivity contribution in [3.8, 4) is 5.75 Å². The third kappa shape index (κ3) is 3.45. The van der Waals surface area contributed by atoms with Crippen LogP contribution in [0.15, 0.2) is 24.3 Å². The van der Waals surface area contributed by atoms with Gasteiger partial charge in [-0.1, -0.05) is 18.2 Å². The largest absolute Gasteiger partial charge is 0.493 e. The SMILES string of the molecule is OCCCOc1ccccc1C1CCCNC1. The zero-order valence-corrected chi connectivity index (χ0v) is 10.2. The fourth-order valence-corrected chi connectivity index (χ4v) is 2.31. The molecule has 0 aromatic heterocycles. The van der Waals surface area contributed by atoms with Gasteiger partial charge in [0, 0.05) is 25.5 Å². The summed E-state index contributed by atoms with van der Waals surface area (Å²) in [7, 11) is 0. The van der Waals surface area contributed by atoms with Crippen LogP contribution in [0.25, 0.3) is 0 Å². The molecule has 1 unspecified atom stereocenters. The van der Waals surface area contributed by atoms with E-state index in [1.807, 2.05) is 12.1 Å².